The average Bonchev–Trinajstić information content (AvgIpc) is 3.23. The maximum absolute atomic E-state index is 13.8. The lowest BCUT2D eigenvalue weighted by Crippen LogP contribution is -2.26. The zero-order valence-electron chi connectivity index (χ0n) is 16.7. The lowest BCUT2D eigenvalue weighted by atomic mass is 9.97. The Balaban J connectivity index is 1.52. The van der Waals surface area contributed by atoms with Crippen molar-refractivity contribution in [2.75, 3.05) is 18.0 Å². The van der Waals surface area contributed by atoms with Gasteiger partial charge in [0.05, 0.1) is 13.2 Å². The van der Waals surface area contributed by atoms with Gasteiger partial charge in [-0.2, -0.15) is 0 Å². The van der Waals surface area contributed by atoms with Crippen LogP contribution >= 0.6 is 0 Å². The van der Waals surface area contributed by atoms with Gasteiger partial charge in [0.1, 0.15) is 6.10 Å². The van der Waals surface area contributed by atoms with Crippen molar-refractivity contribution in [1.82, 2.24) is 4.98 Å². The third-order valence-corrected chi connectivity index (χ3v) is 5.39. The number of carbonyl (C=O) groups is 1. The Kier molecular flexibility index (Phi) is 5.77. The van der Waals surface area contributed by atoms with E-state index in [0.717, 1.165) is 11.3 Å². The first kappa shape index (κ1) is 20.0. The number of aromatic nitrogens is 1. The molecule has 0 saturated carbocycles. The molecule has 5 nitrogen and oxygen atoms in total. The number of aryl methyl sites for hydroxylation is 1. The summed E-state index contributed by atoms with van der Waals surface area (Å²) in [4.78, 5) is 18.9. The van der Waals surface area contributed by atoms with E-state index in [-0.39, 0.29) is 24.4 Å². The molecule has 6 heteroatoms. The highest BCUT2D eigenvalue weighted by Crippen LogP contribution is 2.29. The van der Waals surface area contributed by atoms with E-state index < -0.39 is 5.82 Å². The Bertz CT molecular complexity index is 1070. The molecule has 4 rings (SSSR count). The molecular weight excluding hydrogens is 383 g/mol. The highest BCUT2D eigenvalue weighted by Gasteiger charge is 2.27. The molecule has 0 bridgehead atoms. The van der Waals surface area contributed by atoms with Crippen LogP contribution in [0.25, 0.3) is 0 Å². The molecule has 0 amide bonds. The van der Waals surface area contributed by atoms with Gasteiger partial charge in [-0.1, -0.05) is 24.3 Å². The normalized spacial score (nSPS) is 16.0. The number of ether oxygens (including phenoxy) is 1. The van der Waals surface area contributed by atoms with Gasteiger partial charge in [0, 0.05) is 41.5 Å². The summed E-state index contributed by atoms with van der Waals surface area (Å²) in [5, 5.41) is 9.92. The summed E-state index contributed by atoms with van der Waals surface area (Å²) in [6, 6.07) is 15.7. The number of rotatable bonds is 6. The maximum Gasteiger partial charge on any atom is 0.250 e. The van der Waals surface area contributed by atoms with E-state index in [1.54, 1.807) is 12.1 Å². The monoisotopic (exact) mass is 406 g/mol. The topological polar surface area (TPSA) is 62.7 Å². The minimum Gasteiger partial charge on any atom is -0.470 e. The molecule has 1 unspecified atom stereocenters. The van der Waals surface area contributed by atoms with Crippen LogP contribution in [-0.2, 0) is 6.61 Å². The van der Waals surface area contributed by atoms with E-state index in [9.17, 15) is 14.3 Å². The minimum atomic E-state index is -0.480. The number of benzene rings is 2. The number of aliphatic hydroxyl groups excluding tert-OH is 1. The fourth-order valence-electron chi connectivity index (χ4n) is 3.80. The lowest BCUT2D eigenvalue weighted by Gasteiger charge is -2.22. The van der Waals surface area contributed by atoms with Crippen molar-refractivity contribution >= 4 is 11.5 Å². The minimum absolute atomic E-state index is 0.00547. The molecule has 0 radical (unpaired) electrons. The van der Waals surface area contributed by atoms with E-state index in [1.165, 1.54) is 18.3 Å². The molecule has 0 aliphatic carbocycles. The van der Waals surface area contributed by atoms with E-state index in [2.05, 4.69) is 9.88 Å². The molecule has 2 aromatic carbocycles. The summed E-state index contributed by atoms with van der Waals surface area (Å²) in [6.07, 6.45) is 2.01. The zero-order valence-corrected chi connectivity index (χ0v) is 16.7. The SMILES string of the molecule is Cc1ccccc1C(=O)c1ccc(N2CCC(Oc3ncccc3F)C2)c(CO)c1. The quantitative estimate of drug-likeness (QED) is 0.629. The third-order valence-electron chi connectivity index (χ3n) is 5.39. The van der Waals surface area contributed by atoms with Crippen LogP contribution in [0.15, 0.2) is 60.8 Å². The van der Waals surface area contributed by atoms with Crippen LogP contribution in [0.5, 0.6) is 5.88 Å². The van der Waals surface area contributed by atoms with Gasteiger partial charge in [-0.25, -0.2) is 9.37 Å². The van der Waals surface area contributed by atoms with Crippen LogP contribution in [0.2, 0.25) is 0 Å². The van der Waals surface area contributed by atoms with Gasteiger partial charge in [0.2, 0.25) is 0 Å². The van der Waals surface area contributed by atoms with Crippen molar-refractivity contribution in [3.8, 4) is 5.88 Å². The molecule has 1 atom stereocenters. The number of halogens is 1. The fourth-order valence-corrected chi connectivity index (χ4v) is 3.80. The second kappa shape index (κ2) is 8.63. The van der Waals surface area contributed by atoms with E-state index in [1.807, 2.05) is 37.3 Å². The average molecular weight is 406 g/mol. The lowest BCUT2D eigenvalue weighted by molar-refractivity contribution is 0.103. The number of hydrogen-bond donors (Lipinski definition) is 1. The first-order valence-corrected chi connectivity index (χ1v) is 9.93. The Morgan fingerprint density at radius 1 is 1.23 bits per heavy atom. The molecule has 2 heterocycles. The molecule has 1 N–H and O–H groups in total. The predicted molar refractivity (Wildman–Crippen MR) is 112 cm³/mol. The maximum atomic E-state index is 13.8. The van der Waals surface area contributed by atoms with Gasteiger partial charge in [0.25, 0.3) is 5.88 Å². The zero-order chi connectivity index (χ0) is 21.1. The third kappa shape index (κ3) is 4.04. The Morgan fingerprint density at radius 3 is 2.83 bits per heavy atom. The Hall–Kier alpha value is -3.25. The smallest absolute Gasteiger partial charge is 0.250 e. The largest absolute Gasteiger partial charge is 0.470 e. The number of hydrogen-bond acceptors (Lipinski definition) is 5. The number of anilines is 1. The first-order valence-electron chi connectivity index (χ1n) is 9.93. The van der Waals surface area contributed by atoms with Gasteiger partial charge in [-0.3, -0.25) is 4.79 Å². The molecule has 30 heavy (non-hydrogen) atoms. The summed E-state index contributed by atoms with van der Waals surface area (Å²) < 4.78 is 19.5. The molecule has 1 aliphatic heterocycles. The number of nitrogens with zero attached hydrogens (tertiary/aromatic N) is 2. The molecule has 1 aliphatic rings. The van der Waals surface area contributed by atoms with Crippen LogP contribution in [-0.4, -0.2) is 35.1 Å². The van der Waals surface area contributed by atoms with Crippen molar-refractivity contribution < 1.29 is 19.0 Å². The Morgan fingerprint density at radius 2 is 2.07 bits per heavy atom. The molecule has 1 fully saturated rings. The molecule has 1 saturated heterocycles. The molecule has 0 spiro atoms. The van der Waals surface area contributed by atoms with Crippen molar-refractivity contribution in [2.24, 2.45) is 0 Å². The van der Waals surface area contributed by atoms with Crippen LogP contribution in [0.4, 0.5) is 10.1 Å². The van der Waals surface area contributed by atoms with Crippen LogP contribution in [0.1, 0.15) is 33.5 Å². The summed E-state index contributed by atoms with van der Waals surface area (Å²) in [5.41, 5.74) is 3.64. The van der Waals surface area contributed by atoms with Gasteiger partial charge >= 0.3 is 0 Å². The summed E-state index contributed by atoms with van der Waals surface area (Å²) >= 11 is 0. The summed E-state index contributed by atoms with van der Waals surface area (Å²) in [5.74, 6) is -0.542. The standard InChI is InChI=1S/C24H23FN2O3/c1-16-5-2-3-6-20(16)23(29)17-8-9-22(18(13-17)15-28)27-12-10-19(14-27)30-24-21(25)7-4-11-26-24/h2-9,11,13,19,28H,10,12,14-15H2,1H3. The number of ketones is 1. The second-order valence-corrected chi connectivity index (χ2v) is 7.41. The van der Waals surface area contributed by atoms with Gasteiger partial charge in [-0.15, -0.1) is 0 Å². The Labute approximate surface area is 174 Å². The van der Waals surface area contributed by atoms with Crippen molar-refractivity contribution in [3.05, 3.63) is 88.9 Å². The van der Waals surface area contributed by atoms with E-state index >= 15 is 0 Å². The molecule has 154 valence electrons. The summed E-state index contributed by atoms with van der Waals surface area (Å²) in [6.45, 7) is 2.98. The van der Waals surface area contributed by atoms with Crippen LogP contribution in [0.3, 0.4) is 0 Å². The molecule has 3 aromatic rings. The van der Waals surface area contributed by atoms with Gasteiger partial charge in [-0.05, 0) is 42.8 Å². The predicted octanol–water partition coefficient (Wildman–Crippen LogP) is 3.91. The van der Waals surface area contributed by atoms with Crippen LogP contribution < -0.4 is 9.64 Å². The van der Waals surface area contributed by atoms with Gasteiger partial charge in [0.15, 0.2) is 11.6 Å². The van der Waals surface area contributed by atoms with Crippen molar-refractivity contribution in [2.45, 2.75) is 26.1 Å². The van der Waals surface area contributed by atoms with Crippen molar-refractivity contribution in [1.29, 1.82) is 0 Å². The number of pyridine rings is 1. The molecular formula is C24H23FN2O3. The van der Waals surface area contributed by atoms with E-state index in [0.29, 0.717) is 36.2 Å². The second-order valence-electron chi connectivity index (χ2n) is 7.41. The van der Waals surface area contributed by atoms with Crippen LogP contribution in [0, 0.1) is 12.7 Å². The first-order chi connectivity index (χ1) is 14.6. The number of carbonyl (C=O) groups excluding carboxylic acids is 1. The summed E-state index contributed by atoms with van der Waals surface area (Å²) in [7, 11) is 0. The van der Waals surface area contributed by atoms with Gasteiger partial charge < -0.3 is 14.7 Å². The van der Waals surface area contributed by atoms with E-state index in [4.69, 9.17) is 4.74 Å². The highest BCUT2D eigenvalue weighted by atomic mass is 19.1. The fraction of sp³-hybridized carbons (Fsp3) is 0.250. The molecule has 1 aromatic heterocycles. The van der Waals surface area contributed by atoms with Crippen molar-refractivity contribution in [3.63, 3.8) is 0 Å². The highest BCUT2D eigenvalue weighted by molar-refractivity contribution is 6.10. The number of aliphatic hydroxyl groups is 1.